The lowest BCUT2D eigenvalue weighted by molar-refractivity contribution is -0.598. The summed E-state index contributed by atoms with van der Waals surface area (Å²) < 4.78 is 1.49. The van der Waals surface area contributed by atoms with Gasteiger partial charge < -0.3 is 15.8 Å². The minimum absolute atomic E-state index is 0.0467. The molecule has 0 aliphatic carbocycles. The fraction of sp³-hybridized carbons (Fsp3) is 0. The number of halogens is 1. The average molecular weight is 329 g/mol. The number of anilines is 1. The smallest absolute Gasteiger partial charge is 0.368 e. The highest BCUT2D eigenvalue weighted by Gasteiger charge is 2.23. The van der Waals surface area contributed by atoms with E-state index in [0.717, 1.165) is 3.57 Å². The normalized spacial score (nSPS) is 10.2. The van der Waals surface area contributed by atoms with Gasteiger partial charge >= 0.3 is 30.3 Å². The van der Waals surface area contributed by atoms with Gasteiger partial charge in [-0.1, -0.05) is 18.2 Å². The van der Waals surface area contributed by atoms with Gasteiger partial charge in [-0.05, 0) is 12.1 Å². The number of H-pyrrole nitrogens is 1. The Morgan fingerprint density at radius 3 is 2.62 bits per heavy atom. The zero-order valence-corrected chi connectivity index (χ0v) is 10.3. The van der Waals surface area contributed by atoms with Crippen LogP contribution in [0.3, 0.4) is 0 Å². The van der Waals surface area contributed by atoms with Crippen LogP contribution in [0.1, 0.15) is 0 Å². The van der Waals surface area contributed by atoms with Gasteiger partial charge in [0.05, 0.1) is 6.01 Å². The summed E-state index contributed by atoms with van der Waals surface area (Å²) in [6.07, 6.45) is 0. The molecule has 3 N–H and O–H groups in total. The van der Waals surface area contributed by atoms with Crippen molar-refractivity contribution in [3.05, 3.63) is 47.8 Å². The first kappa shape index (κ1) is 10.9. The molecule has 1 heterocycles. The fourth-order valence-electron chi connectivity index (χ4n) is 1.13. The molecule has 0 unspecified atom stereocenters. The van der Waals surface area contributed by atoms with Gasteiger partial charge in [-0.15, -0.1) is 0 Å². The van der Waals surface area contributed by atoms with E-state index in [9.17, 15) is 9.90 Å². The predicted octanol–water partition coefficient (Wildman–Crippen LogP) is -3.45. The molecule has 1 aromatic heterocycles. The van der Waals surface area contributed by atoms with Crippen molar-refractivity contribution in [2.45, 2.75) is 0 Å². The summed E-state index contributed by atoms with van der Waals surface area (Å²) in [5, 5.41) is 10.9. The largest absolute Gasteiger partial charge is 0.846 e. The van der Waals surface area contributed by atoms with Gasteiger partial charge in [-0.3, -0.25) is 4.79 Å². The minimum Gasteiger partial charge on any atom is -0.846 e. The van der Waals surface area contributed by atoms with Crippen LogP contribution < -0.4 is 37.6 Å². The third-order valence-corrected chi connectivity index (χ3v) is 4.73. The Morgan fingerprint density at radius 2 is 2.00 bits per heavy atom. The molecule has 0 bridgehead atoms. The second-order valence-electron chi connectivity index (χ2n) is 2.96. The zero-order valence-electron chi connectivity index (χ0n) is 8.11. The highest BCUT2D eigenvalue weighted by Crippen LogP contribution is 1.93. The van der Waals surface area contributed by atoms with Gasteiger partial charge in [0.2, 0.25) is 0 Å². The third-order valence-electron chi connectivity index (χ3n) is 1.80. The first-order valence-corrected chi connectivity index (χ1v) is 6.59. The molecule has 16 heavy (non-hydrogen) atoms. The number of nitrogens with zero attached hydrogens (tertiary/aromatic N) is 1. The van der Waals surface area contributed by atoms with Crippen LogP contribution >= 0.6 is 0 Å². The van der Waals surface area contributed by atoms with E-state index in [0.29, 0.717) is 3.57 Å². The van der Waals surface area contributed by atoms with E-state index < -0.39 is 32.8 Å². The summed E-state index contributed by atoms with van der Waals surface area (Å²) in [6, 6.07) is 8.86. The minimum atomic E-state index is -0.698. The molecule has 0 radical (unpaired) electrons. The maximum absolute atomic E-state index is 11.5. The van der Waals surface area contributed by atoms with Gasteiger partial charge in [0.15, 0.2) is 9.39 Å². The number of hydrogen-bond donors (Lipinski definition) is 2. The second-order valence-corrected chi connectivity index (χ2v) is 5.82. The van der Waals surface area contributed by atoms with E-state index in [-0.39, 0.29) is 5.82 Å². The summed E-state index contributed by atoms with van der Waals surface area (Å²) in [7, 11) is 0. The number of rotatable bonds is 2. The van der Waals surface area contributed by atoms with E-state index in [4.69, 9.17) is 5.73 Å². The Balaban J connectivity index is 2.39. The lowest BCUT2D eigenvalue weighted by Crippen LogP contribution is -3.62. The molecule has 0 aliphatic rings. The quantitative estimate of drug-likeness (QED) is 0.561. The highest BCUT2D eigenvalue weighted by molar-refractivity contribution is 5.25. The zero-order chi connectivity index (χ0) is 11.5. The predicted molar refractivity (Wildman–Crippen MR) is 52.6 cm³/mol. The second kappa shape index (κ2) is 4.52. The van der Waals surface area contributed by atoms with Crippen molar-refractivity contribution in [1.82, 2.24) is 9.97 Å². The summed E-state index contributed by atoms with van der Waals surface area (Å²) >= 11 is -0.698. The van der Waals surface area contributed by atoms with E-state index in [1.807, 2.05) is 30.3 Å². The molecule has 0 spiro atoms. The van der Waals surface area contributed by atoms with Gasteiger partial charge in [0.25, 0.3) is 0 Å². The molecule has 1 aromatic carbocycles. The molecule has 0 saturated heterocycles. The van der Waals surface area contributed by atoms with E-state index in [1.165, 1.54) is 0 Å². The lowest BCUT2D eigenvalue weighted by atomic mass is 10.4. The van der Waals surface area contributed by atoms with E-state index in [1.54, 1.807) is 0 Å². The monoisotopic (exact) mass is 329 g/mol. The van der Waals surface area contributed by atoms with Crippen molar-refractivity contribution in [3.8, 4) is 6.01 Å². The van der Waals surface area contributed by atoms with Gasteiger partial charge in [-0.25, -0.2) is 4.98 Å². The van der Waals surface area contributed by atoms with Crippen LogP contribution in [0.25, 0.3) is 0 Å². The van der Waals surface area contributed by atoms with Crippen LogP contribution in [0, 0.1) is 7.14 Å². The van der Waals surface area contributed by atoms with Crippen molar-refractivity contribution < 1.29 is 26.3 Å². The van der Waals surface area contributed by atoms with Crippen LogP contribution in [0.5, 0.6) is 6.01 Å². The van der Waals surface area contributed by atoms with Crippen molar-refractivity contribution in [2.75, 3.05) is 5.73 Å². The molecule has 0 amide bonds. The van der Waals surface area contributed by atoms with Crippen LogP contribution in [0.15, 0.2) is 35.1 Å². The molecule has 6 heteroatoms. The first-order chi connectivity index (χ1) is 7.66. The summed E-state index contributed by atoms with van der Waals surface area (Å²) in [5.74, 6) is 0.0467. The van der Waals surface area contributed by atoms with E-state index >= 15 is 0 Å². The van der Waals surface area contributed by atoms with E-state index in [2.05, 4.69) is 9.97 Å². The van der Waals surface area contributed by atoms with Gasteiger partial charge in [0.1, 0.15) is 0 Å². The third kappa shape index (κ3) is 2.32. The molecule has 82 valence electrons. The molecule has 2 aromatic rings. The Hall–Kier alpha value is -1.57. The maximum Gasteiger partial charge on any atom is 0.368 e. The number of nitrogens with one attached hydrogen (secondary N) is 1. The molecular weight excluding hydrogens is 321 g/mol. The molecule has 0 atom stereocenters. The summed E-state index contributed by atoms with van der Waals surface area (Å²) in [4.78, 5) is 17.2. The molecule has 5 nitrogen and oxygen atoms in total. The van der Waals surface area contributed by atoms with Crippen LogP contribution in [-0.2, 0) is 0 Å². The molecule has 0 aliphatic heterocycles. The number of nitrogen functional groups attached to an aromatic ring is 1. The average Bonchev–Trinajstić information content (AvgIpc) is 2.25. The van der Waals surface area contributed by atoms with Crippen molar-refractivity contribution in [1.29, 1.82) is 0 Å². The SMILES string of the molecule is Nc1nc([O-])[nH]c(=O)c1[I+]c1ccccc1. The number of aromatic amines is 1. The van der Waals surface area contributed by atoms with Gasteiger partial charge in [0, 0.05) is 0 Å². The number of aromatic nitrogens is 2. The first-order valence-electron chi connectivity index (χ1n) is 4.43. The maximum atomic E-state index is 11.5. The fourth-order valence-corrected chi connectivity index (χ4v) is 3.31. The number of nitrogens with two attached hydrogens (primary N) is 1. The van der Waals surface area contributed by atoms with Gasteiger partial charge in [-0.2, -0.15) is 0 Å². The Labute approximate surface area is 102 Å². The topological polar surface area (TPSA) is 94.8 Å². The lowest BCUT2D eigenvalue weighted by Gasteiger charge is -2.02. The number of benzene rings is 1. The Bertz CT molecular complexity index is 554. The Morgan fingerprint density at radius 1 is 1.31 bits per heavy atom. The summed E-state index contributed by atoms with van der Waals surface area (Å²) in [5.41, 5.74) is 5.14. The Kier molecular flexibility index (Phi) is 3.09. The molecular formula is C10H8IN3O2. The highest BCUT2D eigenvalue weighted by atomic mass is 127. The molecule has 0 fully saturated rings. The van der Waals surface area contributed by atoms with Crippen molar-refractivity contribution in [3.63, 3.8) is 0 Å². The van der Waals surface area contributed by atoms with Crippen LogP contribution in [-0.4, -0.2) is 9.97 Å². The van der Waals surface area contributed by atoms with Crippen LogP contribution in [0.2, 0.25) is 0 Å². The van der Waals surface area contributed by atoms with Crippen LogP contribution in [0.4, 0.5) is 5.82 Å². The van der Waals surface area contributed by atoms with Crippen molar-refractivity contribution >= 4 is 5.82 Å². The summed E-state index contributed by atoms with van der Waals surface area (Å²) in [6.45, 7) is 0. The molecule has 0 saturated carbocycles. The number of hydrogen-bond acceptors (Lipinski definition) is 4. The molecule has 2 rings (SSSR count). The van der Waals surface area contributed by atoms with Crippen molar-refractivity contribution in [2.24, 2.45) is 0 Å². The standard InChI is InChI=1S/C10H8IN3O2/c12-8-7(9(15)14-10(16)13-8)11-6-4-2-1-3-5-6/h1-5H,(H3-,12,13,14,15,16).